The van der Waals surface area contributed by atoms with Gasteiger partial charge in [-0.05, 0) is 0 Å². The van der Waals surface area contributed by atoms with Crippen LogP contribution in [0.15, 0.2) is 0 Å². The molecule has 0 saturated carbocycles. The molecule has 12 heavy (non-hydrogen) atoms. The third-order valence-electron chi connectivity index (χ3n) is 1.24. The average molecular weight is 197 g/mol. The van der Waals surface area contributed by atoms with E-state index in [0.717, 1.165) is 14.2 Å². The molecule has 0 atom stereocenters. The van der Waals surface area contributed by atoms with E-state index in [1.807, 2.05) is 0 Å². The Hall–Kier alpha value is -0.260. The van der Waals surface area contributed by atoms with Gasteiger partial charge in [-0.15, -0.1) is 0 Å². The zero-order chi connectivity index (χ0) is 9.61. The second kappa shape index (κ2) is 5.40. The van der Waals surface area contributed by atoms with Gasteiger partial charge in [0.1, 0.15) is 0 Å². The van der Waals surface area contributed by atoms with Crippen molar-refractivity contribution < 1.29 is 23.6 Å². The lowest BCUT2D eigenvalue weighted by atomic mass is 10.5. The Morgan fingerprint density at radius 2 is 2.00 bits per heavy atom. The Morgan fingerprint density at radius 1 is 1.50 bits per heavy atom. The predicted octanol–water partition coefficient (Wildman–Crippen LogP) is 0.368. The third kappa shape index (κ3) is 3.00. The van der Waals surface area contributed by atoms with Crippen LogP contribution in [0.3, 0.4) is 0 Å². The number of carbonyl (C=O) groups is 1. The molecule has 0 saturated heterocycles. The highest BCUT2D eigenvalue weighted by Crippen LogP contribution is 2.47. The molecule has 72 valence electrons. The maximum Gasteiger partial charge on any atom is 0.396 e. The van der Waals surface area contributed by atoms with Crippen LogP contribution in [-0.4, -0.2) is 31.5 Å². The summed E-state index contributed by atoms with van der Waals surface area (Å²) in [6.45, 7) is 0.0234. The lowest BCUT2D eigenvalue weighted by Gasteiger charge is -2.10. The van der Waals surface area contributed by atoms with Crippen LogP contribution < -0.4 is 5.48 Å². The maximum absolute atomic E-state index is 11.3. The number of hydrogen-bond donors (Lipinski definition) is 2. The zero-order valence-electron chi connectivity index (χ0n) is 6.94. The average Bonchev–Trinajstić information content (AvgIpc) is 2.12. The largest absolute Gasteiger partial charge is 0.396 e. The van der Waals surface area contributed by atoms with Gasteiger partial charge in [-0.1, -0.05) is 0 Å². The second-order valence-corrected chi connectivity index (χ2v) is 4.14. The van der Waals surface area contributed by atoms with Crippen molar-refractivity contribution in [2.45, 2.75) is 6.42 Å². The lowest BCUT2D eigenvalue weighted by Crippen LogP contribution is -2.14. The van der Waals surface area contributed by atoms with Crippen LogP contribution in [0.1, 0.15) is 6.42 Å². The molecule has 0 rings (SSSR count). The molecule has 0 heterocycles. The minimum Gasteiger partial charge on any atom is -0.317 e. The van der Waals surface area contributed by atoms with Gasteiger partial charge < -0.3 is 14.3 Å². The molecule has 0 aliphatic heterocycles. The van der Waals surface area contributed by atoms with Crippen molar-refractivity contribution in [2.75, 3.05) is 20.8 Å². The number of nitrogens with one attached hydrogen (secondary N) is 1. The number of carbonyl (C=O) groups excluding carboxylic acids is 1. The molecule has 2 N–H and O–H groups in total. The highest BCUT2D eigenvalue weighted by Gasteiger charge is 2.30. The number of hydrogen-bond acceptors (Lipinski definition) is 6. The van der Waals surface area contributed by atoms with Gasteiger partial charge in [-0.25, -0.2) is 5.48 Å². The van der Waals surface area contributed by atoms with E-state index in [0.29, 0.717) is 0 Å². The van der Waals surface area contributed by atoms with Gasteiger partial charge in [-0.3, -0.25) is 9.36 Å². The molecule has 0 aliphatic carbocycles. The van der Waals surface area contributed by atoms with Crippen LogP contribution in [0, 0.1) is 0 Å². The van der Waals surface area contributed by atoms with Crippen molar-refractivity contribution in [3.63, 3.8) is 0 Å². The second-order valence-electron chi connectivity index (χ2n) is 1.91. The van der Waals surface area contributed by atoms with Crippen molar-refractivity contribution in [3.05, 3.63) is 0 Å². The Labute approximate surface area is 70.3 Å². The molecule has 0 radical (unpaired) electrons. The van der Waals surface area contributed by atoms with Crippen LogP contribution in [0.2, 0.25) is 0 Å². The van der Waals surface area contributed by atoms with E-state index in [-0.39, 0.29) is 13.0 Å². The van der Waals surface area contributed by atoms with Gasteiger partial charge in [0.2, 0.25) is 5.52 Å². The molecule has 0 amide bonds. The molecule has 0 bridgehead atoms. The molecule has 0 aliphatic rings. The first-order valence-electron chi connectivity index (χ1n) is 3.22. The summed E-state index contributed by atoms with van der Waals surface area (Å²) in [6, 6.07) is 0. The first-order valence-corrected chi connectivity index (χ1v) is 4.77. The number of hydroxylamine groups is 1. The van der Waals surface area contributed by atoms with Crippen LogP contribution >= 0.6 is 7.60 Å². The van der Waals surface area contributed by atoms with Crippen molar-refractivity contribution in [3.8, 4) is 0 Å². The van der Waals surface area contributed by atoms with E-state index in [1.165, 1.54) is 0 Å². The van der Waals surface area contributed by atoms with Gasteiger partial charge in [-0.2, -0.15) is 0 Å². The summed E-state index contributed by atoms with van der Waals surface area (Å²) in [6.07, 6.45) is -0.102. The van der Waals surface area contributed by atoms with Crippen LogP contribution in [0.5, 0.6) is 0 Å². The SMILES string of the molecule is COP(=O)(OC)C(=O)CCNO. The normalized spacial score (nSPS) is 11.6. The van der Waals surface area contributed by atoms with Crippen molar-refractivity contribution in [1.82, 2.24) is 5.48 Å². The topological polar surface area (TPSA) is 84.9 Å². The van der Waals surface area contributed by atoms with Gasteiger partial charge in [0.25, 0.3) is 0 Å². The van der Waals surface area contributed by atoms with E-state index in [1.54, 1.807) is 5.48 Å². The molecule has 0 unspecified atom stereocenters. The van der Waals surface area contributed by atoms with Crippen LogP contribution in [-0.2, 0) is 18.4 Å². The third-order valence-corrected chi connectivity index (χ3v) is 3.03. The minimum atomic E-state index is -3.59. The molecule has 7 heteroatoms. The van der Waals surface area contributed by atoms with Crippen molar-refractivity contribution in [1.29, 1.82) is 0 Å². The highest BCUT2D eigenvalue weighted by atomic mass is 31.2. The fourth-order valence-corrected chi connectivity index (χ4v) is 1.52. The highest BCUT2D eigenvalue weighted by molar-refractivity contribution is 7.71. The van der Waals surface area contributed by atoms with Gasteiger partial charge >= 0.3 is 7.60 Å². The molecular weight excluding hydrogens is 185 g/mol. The van der Waals surface area contributed by atoms with E-state index in [2.05, 4.69) is 9.05 Å². The van der Waals surface area contributed by atoms with E-state index < -0.39 is 13.1 Å². The van der Waals surface area contributed by atoms with E-state index in [4.69, 9.17) is 5.21 Å². The van der Waals surface area contributed by atoms with Crippen molar-refractivity contribution >= 4 is 13.1 Å². The lowest BCUT2D eigenvalue weighted by molar-refractivity contribution is -0.114. The van der Waals surface area contributed by atoms with Gasteiger partial charge in [0.05, 0.1) is 0 Å². The Morgan fingerprint density at radius 3 is 2.33 bits per heavy atom. The first-order chi connectivity index (χ1) is 5.60. The molecule has 0 aromatic carbocycles. The molecule has 0 spiro atoms. The maximum atomic E-state index is 11.3. The Bertz CT molecular complexity index is 186. The fraction of sp³-hybridized carbons (Fsp3) is 0.800. The quantitative estimate of drug-likeness (QED) is 0.472. The summed E-state index contributed by atoms with van der Waals surface area (Å²) in [7, 11) is -1.32. The number of rotatable bonds is 6. The summed E-state index contributed by atoms with van der Waals surface area (Å²) in [5.74, 6) is 0. The Kier molecular flexibility index (Phi) is 5.28. The van der Waals surface area contributed by atoms with Gasteiger partial charge in [0, 0.05) is 27.2 Å². The van der Waals surface area contributed by atoms with E-state index >= 15 is 0 Å². The summed E-state index contributed by atoms with van der Waals surface area (Å²) in [5, 5.41) is 8.15. The molecule has 0 aromatic heterocycles. The Balaban J connectivity index is 4.14. The van der Waals surface area contributed by atoms with E-state index in [9.17, 15) is 9.36 Å². The summed E-state index contributed by atoms with van der Waals surface area (Å²) >= 11 is 0. The van der Waals surface area contributed by atoms with Crippen LogP contribution in [0.4, 0.5) is 0 Å². The molecule has 6 nitrogen and oxygen atoms in total. The molecular formula is C5H12NO5P. The zero-order valence-corrected chi connectivity index (χ0v) is 7.84. The monoisotopic (exact) mass is 197 g/mol. The predicted molar refractivity (Wildman–Crippen MR) is 41.0 cm³/mol. The fourth-order valence-electron chi connectivity index (χ4n) is 0.578. The van der Waals surface area contributed by atoms with Gasteiger partial charge in [0.15, 0.2) is 0 Å². The standard InChI is InChI=1S/C5H12NO5P/c1-10-12(9,11-2)5(7)3-4-6-8/h6,8H,3-4H2,1-2H3. The smallest absolute Gasteiger partial charge is 0.317 e. The first kappa shape index (κ1) is 11.7. The summed E-state index contributed by atoms with van der Waals surface area (Å²) in [5.41, 5.74) is 1.11. The summed E-state index contributed by atoms with van der Waals surface area (Å²) in [4.78, 5) is 11.0. The molecule has 0 fully saturated rings. The van der Waals surface area contributed by atoms with Crippen molar-refractivity contribution in [2.24, 2.45) is 0 Å². The minimum absolute atomic E-state index is 0.0234. The summed E-state index contributed by atoms with van der Waals surface area (Å²) < 4.78 is 20.1. The molecule has 0 aromatic rings. The van der Waals surface area contributed by atoms with Crippen LogP contribution in [0.25, 0.3) is 0 Å².